The van der Waals surface area contributed by atoms with Gasteiger partial charge in [0.25, 0.3) is 6.43 Å². The molecule has 1 amide bonds. The summed E-state index contributed by atoms with van der Waals surface area (Å²) in [4.78, 5) is 11.7. The third-order valence-electron chi connectivity index (χ3n) is 1.54. The highest BCUT2D eigenvalue weighted by atomic mass is 19.3. The van der Waals surface area contributed by atoms with E-state index in [9.17, 15) is 13.6 Å². The van der Waals surface area contributed by atoms with Gasteiger partial charge in [-0.15, -0.1) is 0 Å². The van der Waals surface area contributed by atoms with Crippen molar-refractivity contribution in [3.05, 3.63) is 0 Å². The smallest absolute Gasteiger partial charge is 0.410 e. The Morgan fingerprint density at radius 2 is 2.33 bits per heavy atom. The predicted octanol–water partition coefficient (Wildman–Crippen LogP) is 0.0646. The van der Waals surface area contributed by atoms with Gasteiger partial charge in [-0.25, -0.2) is 13.6 Å². The summed E-state index contributed by atoms with van der Waals surface area (Å²) in [6.45, 7) is 0.105. The van der Waals surface area contributed by atoms with Crippen LogP contribution in [0.15, 0.2) is 0 Å². The average Bonchev–Trinajstić information content (AvgIpc) is 2.36. The topological polar surface area (TPSA) is 49.8 Å². The molecule has 12 heavy (non-hydrogen) atoms. The molecule has 1 aliphatic rings. The number of hydrogen-bond acceptors (Lipinski definition) is 3. The van der Waals surface area contributed by atoms with Gasteiger partial charge in [0.15, 0.2) is 0 Å². The van der Waals surface area contributed by atoms with Crippen LogP contribution in [0, 0.1) is 0 Å². The number of alkyl halides is 2. The molecule has 0 aromatic rings. The van der Waals surface area contributed by atoms with Crippen LogP contribution in [-0.4, -0.2) is 48.3 Å². The van der Waals surface area contributed by atoms with E-state index in [-0.39, 0.29) is 19.7 Å². The van der Waals surface area contributed by atoms with Crippen LogP contribution < -0.4 is 0 Å². The van der Waals surface area contributed by atoms with Gasteiger partial charge >= 0.3 is 6.09 Å². The Kier molecular flexibility index (Phi) is 2.80. The van der Waals surface area contributed by atoms with Crippen molar-refractivity contribution in [2.45, 2.75) is 12.5 Å². The molecule has 0 bridgehead atoms. The van der Waals surface area contributed by atoms with Crippen molar-refractivity contribution in [2.24, 2.45) is 0 Å². The molecule has 0 spiro atoms. The molecule has 1 rings (SSSR count). The van der Waals surface area contributed by atoms with Gasteiger partial charge < -0.3 is 14.7 Å². The second-order valence-corrected chi connectivity index (χ2v) is 2.46. The second-order valence-electron chi connectivity index (χ2n) is 2.46. The van der Waals surface area contributed by atoms with Gasteiger partial charge in [-0.2, -0.15) is 0 Å². The van der Waals surface area contributed by atoms with Crippen LogP contribution in [0.1, 0.15) is 0 Å². The molecular weight excluding hydrogens is 172 g/mol. The van der Waals surface area contributed by atoms with Crippen LogP contribution >= 0.6 is 0 Å². The summed E-state index contributed by atoms with van der Waals surface area (Å²) in [6.07, 6.45) is -5.25. The number of amides is 1. The summed E-state index contributed by atoms with van der Waals surface area (Å²) >= 11 is 0. The lowest BCUT2D eigenvalue weighted by atomic mass is 10.3. The van der Waals surface area contributed by atoms with Crippen molar-refractivity contribution >= 4 is 6.09 Å². The molecule has 1 saturated heterocycles. The molecule has 0 aliphatic carbocycles. The largest absolute Gasteiger partial charge is 0.448 e. The summed E-state index contributed by atoms with van der Waals surface area (Å²) in [5, 5.41) is 8.71. The Morgan fingerprint density at radius 1 is 1.67 bits per heavy atom. The molecule has 6 heteroatoms. The lowest BCUT2D eigenvalue weighted by Gasteiger charge is -2.16. The normalized spacial score (nSPS) is 20.0. The van der Waals surface area contributed by atoms with Crippen molar-refractivity contribution in [1.82, 2.24) is 4.90 Å². The number of cyclic esters (lactones) is 1. The highest BCUT2D eigenvalue weighted by Crippen LogP contribution is 2.08. The zero-order valence-corrected chi connectivity index (χ0v) is 6.24. The first-order valence-electron chi connectivity index (χ1n) is 3.49. The lowest BCUT2D eigenvalue weighted by molar-refractivity contribution is -0.0160. The van der Waals surface area contributed by atoms with Crippen molar-refractivity contribution in [2.75, 3.05) is 19.7 Å². The molecule has 0 saturated carbocycles. The van der Waals surface area contributed by atoms with E-state index in [1.165, 1.54) is 0 Å². The fourth-order valence-electron chi connectivity index (χ4n) is 0.897. The minimum atomic E-state index is -2.82. The van der Waals surface area contributed by atoms with Crippen LogP contribution in [-0.2, 0) is 4.74 Å². The van der Waals surface area contributed by atoms with E-state index in [1.54, 1.807) is 0 Å². The maximum Gasteiger partial charge on any atom is 0.410 e. The van der Waals surface area contributed by atoms with E-state index in [0.717, 1.165) is 4.90 Å². The molecule has 4 nitrogen and oxygen atoms in total. The predicted molar refractivity (Wildman–Crippen MR) is 34.9 cm³/mol. The van der Waals surface area contributed by atoms with Gasteiger partial charge in [0.1, 0.15) is 12.7 Å². The Morgan fingerprint density at radius 3 is 2.75 bits per heavy atom. The average molecular weight is 181 g/mol. The van der Waals surface area contributed by atoms with E-state index >= 15 is 0 Å². The van der Waals surface area contributed by atoms with E-state index < -0.39 is 18.6 Å². The summed E-state index contributed by atoms with van der Waals surface area (Å²) in [5.74, 6) is 0. The molecular formula is C6H9F2NO3. The maximum atomic E-state index is 11.8. The molecule has 0 aromatic carbocycles. The highest BCUT2D eigenvalue weighted by Gasteiger charge is 2.27. The highest BCUT2D eigenvalue weighted by molar-refractivity contribution is 5.69. The Bertz CT molecular complexity index is 176. The van der Waals surface area contributed by atoms with Crippen LogP contribution in [0.5, 0.6) is 0 Å². The minimum Gasteiger partial charge on any atom is -0.448 e. The number of rotatable bonds is 3. The molecule has 1 aliphatic heterocycles. The number of aliphatic hydroxyl groups is 1. The third kappa shape index (κ3) is 2.04. The Hall–Kier alpha value is -0.910. The van der Waals surface area contributed by atoms with Crippen molar-refractivity contribution in [3.8, 4) is 0 Å². The van der Waals surface area contributed by atoms with Crippen LogP contribution in [0.3, 0.4) is 0 Å². The SMILES string of the molecule is O=C1OCCN1CC(O)C(F)F. The summed E-state index contributed by atoms with van der Waals surface area (Å²) in [5.41, 5.74) is 0. The number of carbonyl (C=O) groups excluding carboxylic acids is 1. The first kappa shape index (κ1) is 9.18. The first-order valence-corrected chi connectivity index (χ1v) is 3.49. The number of carbonyl (C=O) groups is 1. The van der Waals surface area contributed by atoms with Gasteiger partial charge in [-0.1, -0.05) is 0 Å². The Labute approximate surface area is 67.7 Å². The minimum absolute atomic E-state index is 0.203. The van der Waals surface area contributed by atoms with Gasteiger partial charge in [0.05, 0.1) is 13.1 Å². The fourth-order valence-corrected chi connectivity index (χ4v) is 0.897. The number of β-amino-alcohol motifs (C(OH)–C–C–N with tert-alkyl or cyclic N) is 1. The lowest BCUT2D eigenvalue weighted by Crippen LogP contribution is -2.36. The molecule has 1 unspecified atom stereocenters. The molecule has 1 atom stereocenters. The number of nitrogens with zero attached hydrogens (tertiary/aromatic N) is 1. The van der Waals surface area contributed by atoms with E-state index in [2.05, 4.69) is 4.74 Å². The monoisotopic (exact) mass is 181 g/mol. The van der Waals surface area contributed by atoms with Crippen molar-refractivity contribution in [1.29, 1.82) is 0 Å². The van der Waals surface area contributed by atoms with Crippen molar-refractivity contribution in [3.63, 3.8) is 0 Å². The van der Waals surface area contributed by atoms with Gasteiger partial charge in [-0.05, 0) is 0 Å². The summed E-state index contributed by atoms with van der Waals surface area (Å²) in [7, 11) is 0. The maximum absolute atomic E-state index is 11.8. The molecule has 1 fully saturated rings. The summed E-state index contributed by atoms with van der Waals surface area (Å²) < 4.78 is 28.0. The van der Waals surface area contributed by atoms with Gasteiger partial charge in [-0.3, -0.25) is 0 Å². The molecule has 0 aromatic heterocycles. The van der Waals surface area contributed by atoms with E-state index in [1.807, 2.05) is 0 Å². The van der Waals surface area contributed by atoms with Crippen LogP contribution in [0.2, 0.25) is 0 Å². The number of halogens is 2. The second kappa shape index (κ2) is 3.66. The van der Waals surface area contributed by atoms with Crippen molar-refractivity contribution < 1.29 is 23.4 Å². The molecule has 0 radical (unpaired) electrons. The molecule has 1 heterocycles. The zero-order chi connectivity index (χ0) is 9.14. The van der Waals surface area contributed by atoms with Crippen LogP contribution in [0.4, 0.5) is 13.6 Å². The molecule has 1 N–H and O–H groups in total. The fraction of sp³-hybridized carbons (Fsp3) is 0.833. The first-order chi connectivity index (χ1) is 5.61. The Balaban J connectivity index is 2.35. The zero-order valence-electron chi connectivity index (χ0n) is 6.24. The van der Waals surface area contributed by atoms with Gasteiger partial charge in [0.2, 0.25) is 0 Å². The number of hydrogen-bond donors (Lipinski definition) is 1. The number of ether oxygens (including phenoxy) is 1. The number of aliphatic hydroxyl groups excluding tert-OH is 1. The van der Waals surface area contributed by atoms with E-state index in [4.69, 9.17) is 5.11 Å². The quantitative estimate of drug-likeness (QED) is 0.670. The summed E-state index contributed by atoms with van der Waals surface area (Å²) in [6, 6.07) is 0. The standard InChI is InChI=1S/C6H9F2NO3/c7-5(8)4(10)3-9-1-2-12-6(9)11/h4-5,10H,1-3H2. The van der Waals surface area contributed by atoms with Gasteiger partial charge in [0, 0.05) is 0 Å². The van der Waals surface area contributed by atoms with E-state index in [0.29, 0.717) is 0 Å². The van der Waals surface area contributed by atoms with Crippen LogP contribution in [0.25, 0.3) is 0 Å². The third-order valence-corrected chi connectivity index (χ3v) is 1.54. The molecule has 70 valence electrons.